The van der Waals surface area contributed by atoms with E-state index in [1.165, 1.54) is 13.2 Å². The minimum atomic E-state index is -2.92. The average molecular weight is 380 g/mol. The molecule has 146 valence electrons. The highest BCUT2D eigenvalue weighted by Gasteiger charge is 2.11. The van der Waals surface area contributed by atoms with Crippen LogP contribution in [0, 0.1) is 0 Å². The van der Waals surface area contributed by atoms with Crippen molar-refractivity contribution in [2.45, 2.75) is 19.6 Å². The Labute approximate surface area is 156 Å². The number of benzene rings is 2. The molecule has 2 rings (SSSR count). The number of halogens is 2. The number of nitrogens with one attached hydrogen (secondary N) is 2. The van der Waals surface area contributed by atoms with E-state index in [0.29, 0.717) is 19.5 Å². The SMILES string of the molecule is COc1ccc(CNC(=O)NCCc2ccc(OC(F)F)c(OC)c2)cc1. The smallest absolute Gasteiger partial charge is 0.387 e. The number of hydrogen-bond donors (Lipinski definition) is 2. The zero-order chi connectivity index (χ0) is 19.6. The lowest BCUT2D eigenvalue weighted by Crippen LogP contribution is -2.36. The number of carbonyl (C=O) groups is 1. The van der Waals surface area contributed by atoms with Crippen molar-refractivity contribution in [2.24, 2.45) is 0 Å². The van der Waals surface area contributed by atoms with E-state index in [9.17, 15) is 13.6 Å². The first kappa shape index (κ1) is 20.3. The van der Waals surface area contributed by atoms with Crippen LogP contribution in [0.3, 0.4) is 0 Å². The largest absolute Gasteiger partial charge is 0.497 e. The Kier molecular flexibility index (Phi) is 7.66. The van der Waals surface area contributed by atoms with Gasteiger partial charge in [-0.2, -0.15) is 8.78 Å². The monoisotopic (exact) mass is 380 g/mol. The van der Waals surface area contributed by atoms with Crippen molar-refractivity contribution < 1.29 is 27.8 Å². The van der Waals surface area contributed by atoms with Crippen molar-refractivity contribution in [3.05, 3.63) is 53.6 Å². The Bertz CT molecular complexity index is 739. The number of urea groups is 1. The zero-order valence-corrected chi connectivity index (χ0v) is 15.1. The van der Waals surface area contributed by atoms with Gasteiger partial charge in [0, 0.05) is 13.1 Å². The van der Waals surface area contributed by atoms with E-state index in [1.54, 1.807) is 19.2 Å². The minimum Gasteiger partial charge on any atom is -0.497 e. The molecular weight excluding hydrogens is 358 g/mol. The Morgan fingerprint density at radius 3 is 2.30 bits per heavy atom. The fraction of sp³-hybridized carbons (Fsp3) is 0.316. The zero-order valence-electron chi connectivity index (χ0n) is 15.1. The first-order valence-electron chi connectivity index (χ1n) is 8.28. The molecular formula is C19H22F2N2O4. The van der Waals surface area contributed by atoms with Gasteiger partial charge in [-0.3, -0.25) is 0 Å². The maximum Gasteiger partial charge on any atom is 0.387 e. The van der Waals surface area contributed by atoms with Crippen LogP contribution in [0.1, 0.15) is 11.1 Å². The van der Waals surface area contributed by atoms with E-state index < -0.39 is 6.61 Å². The molecule has 0 aromatic heterocycles. The Hall–Kier alpha value is -3.03. The van der Waals surface area contributed by atoms with Crippen molar-refractivity contribution >= 4 is 6.03 Å². The molecule has 8 heteroatoms. The summed E-state index contributed by atoms with van der Waals surface area (Å²) in [5, 5.41) is 5.50. The maximum atomic E-state index is 12.3. The Morgan fingerprint density at radius 1 is 0.963 bits per heavy atom. The predicted octanol–water partition coefficient (Wildman–Crippen LogP) is 3.35. The molecule has 0 heterocycles. The molecule has 0 unspecified atom stereocenters. The number of hydrogen-bond acceptors (Lipinski definition) is 4. The highest BCUT2D eigenvalue weighted by Crippen LogP contribution is 2.29. The lowest BCUT2D eigenvalue weighted by atomic mass is 10.1. The highest BCUT2D eigenvalue weighted by atomic mass is 19.3. The molecule has 0 bridgehead atoms. The summed E-state index contributed by atoms with van der Waals surface area (Å²) in [6, 6.07) is 11.8. The topological polar surface area (TPSA) is 68.8 Å². The number of methoxy groups -OCH3 is 2. The third kappa shape index (κ3) is 6.65. The summed E-state index contributed by atoms with van der Waals surface area (Å²) in [6.45, 7) is -2.14. The predicted molar refractivity (Wildman–Crippen MR) is 96.6 cm³/mol. The fourth-order valence-electron chi connectivity index (χ4n) is 2.37. The van der Waals surface area contributed by atoms with Gasteiger partial charge in [0.2, 0.25) is 0 Å². The van der Waals surface area contributed by atoms with Gasteiger partial charge in [-0.15, -0.1) is 0 Å². The molecule has 0 aliphatic rings. The lowest BCUT2D eigenvalue weighted by Gasteiger charge is -2.12. The summed E-state index contributed by atoms with van der Waals surface area (Å²) in [6.07, 6.45) is 0.515. The van der Waals surface area contributed by atoms with E-state index in [0.717, 1.165) is 16.9 Å². The highest BCUT2D eigenvalue weighted by molar-refractivity contribution is 5.73. The molecule has 0 aliphatic heterocycles. The van der Waals surface area contributed by atoms with E-state index in [4.69, 9.17) is 9.47 Å². The van der Waals surface area contributed by atoms with Crippen molar-refractivity contribution in [1.29, 1.82) is 0 Å². The van der Waals surface area contributed by atoms with Gasteiger partial charge in [-0.05, 0) is 41.8 Å². The van der Waals surface area contributed by atoms with Crippen molar-refractivity contribution in [3.8, 4) is 17.2 Å². The van der Waals surface area contributed by atoms with Crippen LogP contribution in [0.15, 0.2) is 42.5 Å². The van der Waals surface area contributed by atoms with E-state index >= 15 is 0 Å². The molecule has 0 saturated heterocycles. The second-order valence-corrected chi connectivity index (χ2v) is 5.57. The molecule has 0 aliphatic carbocycles. The summed E-state index contributed by atoms with van der Waals surface area (Å²) in [5.41, 5.74) is 1.77. The van der Waals surface area contributed by atoms with Crippen LogP contribution in [0.25, 0.3) is 0 Å². The number of ether oxygens (including phenoxy) is 3. The fourth-order valence-corrected chi connectivity index (χ4v) is 2.37. The number of alkyl halides is 2. The second kappa shape index (κ2) is 10.2. The van der Waals surface area contributed by atoms with Crippen LogP contribution in [0.5, 0.6) is 17.2 Å². The lowest BCUT2D eigenvalue weighted by molar-refractivity contribution is -0.0512. The van der Waals surface area contributed by atoms with Crippen molar-refractivity contribution in [2.75, 3.05) is 20.8 Å². The Morgan fingerprint density at radius 2 is 1.67 bits per heavy atom. The first-order valence-corrected chi connectivity index (χ1v) is 8.28. The molecule has 2 N–H and O–H groups in total. The van der Waals surface area contributed by atoms with Gasteiger partial charge in [0.05, 0.1) is 14.2 Å². The molecule has 6 nitrogen and oxygen atoms in total. The van der Waals surface area contributed by atoms with Crippen molar-refractivity contribution in [3.63, 3.8) is 0 Å². The third-order valence-electron chi connectivity index (χ3n) is 3.76. The Balaban J connectivity index is 1.77. The molecule has 0 saturated carbocycles. The molecule has 0 atom stereocenters. The van der Waals surface area contributed by atoms with Crippen LogP contribution in [0.2, 0.25) is 0 Å². The van der Waals surface area contributed by atoms with Crippen LogP contribution >= 0.6 is 0 Å². The molecule has 2 aromatic rings. The van der Waals surface area contributed by atoms with Crippen LogP contribution in [0.4, 0.5) is 13.6 Å². The summed E-state index contributed by atoms with van der Waals surface area (Å²) in [7, 11) is 2.97. The first-order chi connectivity index (χ1) is 13.0. The quantitative estimate of drug-likeness (QED) is 0.700. The average Bonchev–Trinajstić information content (AvgIpc) is 2.67. The van der Waals surface area contributed by atoms with Gasteiger partial charge in [-0.1, -0.05) is 18.2 Å². The van der Waals surface area contributed by atoms with Gasteiger partial charge in [0.15, 0.2) is 11.5 Å². The van der Waals surface area contributed by atoms with Gasteiger partial charge < -0.3 is 24.8 Å². The van der Waals surface area contributed by atoms with Crippen LogP contribution in [-0.2, 0) is 13.0 Å². The van der Waals surface area contributed by atoms with Crippen LogP contribution in [-0.4, -0.2) is 33.4 Å². The number of rotatable bonds is 9. The molecule has 0 fully saturated rings. The van der Waals surface area contributed by atoms with Crippen LogP contribution < -0.4 is 24.8 Å². The summed E-state index contributed by atoms with van der Waals surface area (Å²) in [5.74, 6) is 0.946. The van der Waals surface area contributed by atoms with Crippen molar-refractivity contribution in [1.82, 2.24) is 10.6 Å². The number of amides is 2. The minimum absolute atomic E-state index is 0.0264. The molecule has 27 heavy (non-hydrogen) atoms. The van der Waals surface area contributed by atoms with E-state index in [2.05, 4.69) is 15.4 Å². The molecule has 0 radical (unpaired) electrons. The standard InChI is InChI=1S/C19H22F2N2O4/c1-25-15-6-3-14(4-7-15)12-23-19(24)22-10-9-13-5-8-16(27-18(20)21)17(11-13)26-2/h3-8,11,18H,9-10,12H2,1-2H3,(H2,22,23,24). The second-order valence-electron chi connectivity index (χ2n) is 5.57. The number of carbonyl (C=O) groups excluding carboxylic acids is 1. The van der Waals surface area contributed by atoms with E-state index in [1.807, 2.05) is 24.3 Å². The summed E-state index contributed by atoms with van der Waals surface area (Å²) in [4.78, 5) is 11.9. The maximum absolute atomic E-state index is 12.3. The van der Waals surface area contributed by atoms with Gasteiger partial charge >= 0.3 is 12.6 Å². The van der Waals surface area contributed by atoms with Gasteiger partial charge in [-0.25, -0.2) is 4.79 Å². The molecule has 2 aromatic carbocycles. The van der Waals surface area contributed by atoms with Gasteiger partial charge in [0.1, 0.15) is 5.75 Å². The third-order valence-corrected chi connectivity index (χ3v) is 3.76. The molecule has 0 spiro atoms. The van der Waals surface area contributed by atoms with Gasteiger partial charge in [0.25, 0.3) is 0 Å². The normalized spacial score (nSPS) is 10.4. The summed E-state index contributed by atoms with van der Waals surface area (Å²) >= 11 is 0. The molecule has 2 amide bonds. The van der Waals surface area contributed by atoms with E-state index in [-0.39, 0.29) is 17.5 Å². The summed E-state index contributed by atoms with van der Waals surface area (Å²) < 4.78 is 39.2.